The SMILES string of the molecule is CC(C)CN(C)C(=O)c1cc(S(N)(=O)=O)ccc1Cl. The predicted molar refractivity (Wildman–Crippen MR) is 74.6 cm³/mol. The third-order valence-electron chi connectivity index (χ3n) is 2.48. The number of rotatable bonds is 4. The monoisotopic (exact) mass is 304 g/mol. The molecule has 2 N–H and O–H groups in total. The normalized spacial score (nSPS) is 11.7. The Labute approximate surface area is 118 Å². The summed E-state index contributed by atoms with van der Waals surface area (Å²) in [4.78, 5) is 13.6. The van der Waals surface area contributed by atoms with E-state index in [-0.39, 0.29) is 21.4 Å². The molecule has 0 bridgehead atoms. The van der Waals surface area contributed by atoms with Crippen molar-refractivity contribution in [3.05, 3.63) is 28.8 Å². The molecule has 1 amide bonds. The fourth-order valence-electron chi connectivity index (χ4n) is 1.68. The molecule has 0 saturated heterocycles. The Balaban J connectivity index is 3.16. The van der Waals surface area contributed by atoms with E-state index in [1.807, 2.05) is 13.8 Å². The van der Waals surface area contributed by atoms with Gasteiger partial charge in [-0.15, -0.1) is 0 Å². The average molecular weight is 305 g/mol. The van der Waals surface area contributed by atoms with E-state index in [1.54, 1.807) is 7.05 Å². The van der Waals surface area contributed by atoms with Crippen LogP contribution in [0.4, 0.5) is 0 Å². The summed E-state index contributed by atoms with van der Waals surface area (Å²) in [6.45, 7) is 4.51. The molecule has 0 aromatic heterocycles. The van der Waals surface area contributed by atoms with Gasteiger partial charge in [0, 0.05) is 13.6 Å². The molecule has 0 saturated carbocycles. The first-order valence-corrected chi connectivity index (χ1v) is 7.63. The van der Waals surface area contributed by atoms with E-state index in [0.29, 0.717) is 12.5 Å². The van der Waals surface area contributed by atoms with E-state index < -0.39 is 10.0 Å². The van der Waals surface area contributed by atoms with Crippen LogP contribution in [0.2, 0.25) is 5.02 Å². The van der Waals surface area contributed by atoms with Gasteiger partial charge in [-0.1, -0.05) is 25.4 Å². The Bertz CT molecular complexity index is 585. The quantitative estimate of drug-likeness (QED) is 0.919. The van der Waals surface area contributed by atoms with Crippen LogP contribution in [-0.4, -0.2) is 32.8 Å². The number of benzene rings is 1. The zero-order valence-corrected chi connectivity index (χ0v) is 12.6. The molecular formula is C12H17ClN2O3S. The molecule has 19 heavy (non-hydrogen) atoms. The van der Waals surface area contributed by atoms with E-state index in [2.05, 4.69) is 0 Å². The van der Waals surface area contributed by atoms with E-state index in [9.17, 15) is 13.2 Å². The van der Waals surface area contributed by atoms with Crippen molar-refractivity contribution in [2.75, 3.05) is 13.6 Å². The zero-order valence-electron chi connectivity index (χ0n) is 11.1. The van der Waals surface area contributed by atoms with Gasteiger partial charge in [0.25, 0.3) is 5.91 Å². The van der Waals surface area contributed by atoms with Crippen LogP contribution in [0.5, 0.6) is 0 Å². The number of carbonyl (C=O) groups excluding carboxylic acids is 1. The lowest BCUT2D eigenvalue weighted by Crippen LogP contribution is -2.30. The topological polar surface area (TPSA) is 80.5 Å². The second-order valence-electron chi connectivity index (χ2n) is 4.77. The van der Waals surface area contributed by atoms with Crippen molar-refractivity contribution in [3.8, 4) is 0 Å². The van der Waals surface area contributed by atoms with Crippen LogP contribution >= 0.6 is 11.6 Å². The summed E-state index contributed by atoms with van der Waals surface area (Å²) in [7, 11) is -2.21. The van der Waals surface area contributed by atoms with Crippen LogP contribution in [0.3, 0.4) is 0 Å². The Morgan fingerprint density at radius 2 is 2.00 bits per heavy atom. The summed E-state index contributed by atoms with van der Waals surface area (Å²) in [5.41, 5.74) is 0.136. The number of hydrogen-bond acceptors (Lipinski definition) is 3. The number of hydrogen-bond donors (Lipinski definition) is 1. The standard InChI is InChI=1S/C12H17ClN2O3S/c1-8(2)7-15(3)12(16)10-6-9(19(14,17)18)4-5-11(10)13/h4-6,8H,7H2,1-3H3,(H2,14,17,18). The molecule has 0 atom stereocenters. The number of carbonyl (C=O) groups is 1. The molecule has 0 unspecified atom stereocenters. The van der Waals surface area contributed by atoms with Crippen LogP contribution in [0.25, 0.3) is 0 Å². The molecule has 0 aliphatic rings. The maximum absolute atomic E-state index is 12.2. The van der Waals surface area contributed by atoms with Gasteiger partial charge in [-0.3, -0.25) is 4.79 Å². The van der Waals surface area contributed by atoms with E-state index in [1.165, 1.54) is 23.1 Å². The minimum atomic E-state index is -3.85. The average Bonchev–Trinajstić information content (AvgIpc) is 2.26. The number of sulfonamides is 1. The lowest BCUT2D eigenvalue weighted by atomic mass is 10.1. The van der Waals surface area contributed by atoms with Crippen LogP contribution in [0, 0.1) is 5.92 Å². The molecule has 1 rings (SSSR count). The fourth-order valence-corrected chi connectivity index (χ4v) is 2.42. The first-order chi connectivity index (χ1) is 8.62. The molecule has 5 nitrogen and oxygen atoms in total. The summed E-state index contributed by atoms with van der Waals surface area (Å²) < 4.78 is 22.6. The Hall–Kier alpha value is -1.11. The van der Waals surface area contributed by atoms with Crippen LogP contribution < -0.4 is 5.14 Å². The number of amides is 1. The van der Waals surface area contributed by atoms with Gasteiger partial charge < -0.3 is 4.90 Å². The largest absolute Gasteiger partial charge is 0.341 e. The highest BCUT2D eigenvalue weighted by Crippen LogP contribution is 2.21. The smallest absolute Gasteiger partial charge is 0.255 e. The summed E-state index contributed by atoms with van der Waals surface area (Å²) >= 11 is 5.94. The lowest BCUT2D eigenvalue weighted by molar-refractivity contribution is 0.0779. The Morgan fingerprint density at radius 3 is 2.47 bits per heavy atom. The van der Waals surface area contributed by atoms with Gasteiger partial charge in [-0.05, 0) is 24.1 Å². The summed E-state index contributed by atoms with van der Waals surface area (Å²) in [6, 6.07) is 3.84. The van der Waals surface area contributed by atoms with Crippen molar-refractivity contribution >= 4 is 27.5 Å². The highest BCUT2D eigenvalue weighted by atomic mass is 35.5. The molecule has 0 spiro atoms. The molecular weight excluding hydrogens is 288 g/mol. The number of halogens is 1. The van der Waals surface area contributed by atoms with Gasteiger partial charge >= 0.3 is 0 Å². The van der Waals surface area contributed by atoms with Crippen molar-refractivity contribution in [3.63, 3.8) is 0 Å². The van der Waals surface area contributed by atoms with E-state index in [4.69, 9.17) is 16.7 Å². The van der Waals surface area contributed by atoms with Crippen molar-refractivity contribution < 1.29 is 13.2 Å². The minimum absolute atomic E-state index is 0.127. The maximum atomic E-state index is 12.2. The lowest BCUT2D eigenvalue weighted by Gasteiger charge is -2.20. The van der Waals surface area contributed by atoms with Gasteiger partial charge in [0.2, 0.25) is 10.0 Å². The zero-order chi connectivity index (χ0) is 14.8. The van der Waals surface area contributed by atoms with Crippen molar-refractivity contribution in [1.82, 2.24) is 4.90 Å². The van der Waals surface area contributed by atoms with Gasteiger partial charge in [0.05, 0.1) is 15.5 Å². The Kier molecular flexibility index (Phi) is 4.95. The number of nitrogens with two attached hydrogens (primary N) is 1. The van der Waals surface area contributed by atoms with Crippen LogP contribution in [-0.2, 0) is 10.0 Å². The van der Waals surface area contributed by atoms with Crippen molar-refractivity contribution in [2.24, 2.45) is 11.1 Å². The molecule has 7 heteroatoms. The number of primary sulfonamides is 1. The third kappa shape index (κ3) is 4.19. The van der Waals surface area contributed by atoms with Gasteiger partial charge in [-0.25, -0.2) is 13.6 Å². The summed E-state index contributed by atoms with van der Waals surface area (Å²) in [5, 5.41) is 5.24. The summed E-state index contributed by atoms with van der Waals surface area (Å²) in [6.07, 6.45) is 0. The fraction of sp³-hybridized carbons (Fsp3) is 0.417. The minimum Gasteiger partial charge on any atom is -0.341 e. The van der Waals surface area contributed by atoms with Crippen molar-refractivity contribution in [1.29, 1.82) is 0 Å². The van der Waals surface area contributed by atoms with Crippen LogP contribution in [0.1, 0.15) is 24.2 Å². The molecule has 1 aromatic carbocycles. The van der Waals surface area contributed by atoms with Crippen molar-refractivity contribution in [2.45, 2.75) is 18.7 Å². The van der Waals surface area contributed by atoms with Gasteiger partial charge in [0.15, 0.2) is 0 Å². The molecule has 1 aromatic rings. The second-order valence-corrected chi connectivity index (χ2v) is 6.73. The maximum Gasteiger partial charge on any atom is 0.255 e. The Morgan fingerprint density at radius 1 is 1.42 bits per heavy atom. The summed E-state index contributed by atoms with van der Waals surface area (Å²) in [5.74, 6) is -0.0293. The van der Waals surface area contributed by atoms with Crippen LogP contribution in [0.15, 0.2) is 23.1 Å². The predicted octanol–water partition coefficient (Wildman–Crippen LogP) is 1.72. The first-order valence-electron chi connectivity index (χ1n) is 5.70. The molecule has 0 heterocycles. The highest BCUT2D eigenvalue weighted by Gasteiger charge is 2.19. The highest BCUT2D eigenvalue weighted by molar-refractivity contribution is 7.89. The van der Waals surface area contributed by atoms with Gasteiger partial charge in [-0.2, -0.15) is 0 Å². The van der Waals surface area contributed by atoms with Gasteiger partial charge in [0.1, 0.15) is 0 Å². The van der Waals surface area contributed by atoms with E-state index in [0.717, 1.165) is 0 Å². The first kappa shape index (κ1) is 15.9. The molecule has 0 radical (unpaired) electrons. The molecule has 0 fully saturated rings. The second kappa shape index (κ2) is 5.90. The molecule has 0 aliphatic heterocycles. The molecule has 0 aliphatic carbocycles. The third-order valence-corrected chi connectivity index (χ3v) is 3.72. The van der Waals surface area contributed by atoms with E-state index >= 15 is 0 Å². The molecule has 106 valence electrons. The number of nitrogens with zero attached hydrogens (tertiary/aromatic N) is 1.